The predicted molar refractivity (Wildman–Crippen MR) is 154 cm³/mol. The first-order chi connectivity index (χ1) is 16.8. The van der Waals surface area contributed by atoms with Crippen LogP contribution in [0.25, 0.3) is 5.57 Å². The van der Waals surface area contributed by atoms with Gasteiger partial charge in [0.05, 0.1) is 5.71 Å². The highest BCUT2D eigenvalue weighted by atomic mass is 19.1. The van der Waals surface area contributed by atoms with Gasteiger partial charge in [-0.25, -0.2) is 9.38 Å². The van der Waals surface area contributed by atoms with Crippen molar-refractivity contribution in [3.63, 3.8) is 0 Å². The van der Waals surface area contributed by atoms with Gasteiger partial charge in [0.25, 0.3) is 0 Å². The number of benzene rings is 1. The number of carbonyl (C=O) groups excluding carboxylic acids is 1. The second kappa shape index (κ2) is 16.8. The Morgan fingerprint density at radius 2 is 1.81 bits per heavy atom. The van der Waals surface area contributed by atoms with Gasteiger partial charge in [-0.2, -0.15) is 0 Å². The summed E-state index contributed by atoms with van der Waals surface area (Å²) in [7, 11) is 0. The summed E-state index contributed by atoms with van der Waals surface area (Å²) in [6, 6.07) is 4.71. The summed E-state index contributed by atoms with van der Waals surface area (Å²) in [6.45, 7) is 23.6. The fourth-order valence-electron chi connectivity index (χ4n) is 2.88. The molecule has 1 aromatic rings. The molecule has 0 N–H and O–H groups in total. The molecule has 0 heterocycles. The van der Waals surface area contributed by atoms with Crippen molar-refractivity contribution in [1.29, 1.82) is 0 Å². The maximum Gasteiger partial charge on any atom is 0.218 e. The van der Waals surface area contributed by atoms with Crippen LogP contribution in [-0.2, 0) is 4.79 Å². The van der Waals surface area contributed by atoms with E-state index in [0.717, 1.165) is 24.8 Å². The molecule has 0 amide bonds. The Morgan fingerprint density at radius 3 is 2.25 bits per heavy atom. The van der Waals surface area contributed by atoms with Gasteiger partial charge in [0.2, 0.25) is 5.88 Å². The molecule has 0 radical (unpaired) electrons. The fraction of sp³-hybridized carbons (Fsp3) is 0.516. The van der Waals surface area contributed by atoms with E-state index in [4.69, 9.17) is 4.74 Å². The number of ether oxygens (including phenoxy) is 1. The summed E-state index contributed by atoms with van der Waals surface area (Å²) in [6.07, 6.45) is 9.46. The van der Waals surface area contributed by atoms with E-state index in [1.54, 1.807) is 31.2 Å². The van der Waals surface area contributed by atoms with Gasteiger partial charge < -0.3 is 4.74 Å². The Morgan fingerprint density at radius 1 is 1.19 bits per heavy atom. The highest BCUT2D eigenvalue weighted by Gasteiger charge is 2.16. The summed E-state index contributed by atoms with van der Waals surface area (Å²) >= 11 is 0. The minimum absolute atomic E-state index is 0.0296. The number of hydrogen-bond donors (Lipinski definition) is 0. The Kier molecular flexibility index (Phi) is 15.5. The van der Waals surface area contributed by atoms with E-state index in [1.165, 1.54) is 12.5 Å². The third kappa shape index (κ3) is 12.8. The molecule has 0 saturated carbocycles. The van der Waals surface area contributed by atoms with Crippen LogP contribution in [0.5, 0.6) is 5.75 Å². The van der Waals surface area contributed by atoms with Crippen molar-refractivity contribution >= 4 is 23.8 Å². The van der Waals surface area contributed by atoms with E-state index in [1.807, 2.05) is 33.8 Å². The van der Waals surface area contributed by atoms with Gasteiger partial charge in [0.15, 0.2) is 17.3 Å². The Hall–Kier alpha value is -2.82. The van der Waals surface area contributed by atoms with Crippen molar-refractivity contribution in [2.75, 3.05) is 0 Å². The minimum Gasteiger partial charge on any atom is -0.436 e. The zero-order valence-electron chi connectivity index (χ0n) is 24.2. The molecular formula is C31H47FN2O2. The maximum absolute atomic E-state index is 14.6. The molecule has 0 spiro atoms. The van der Waals surface area contributed by atoms with Crippen molar-refractivity contribution in [1.82, 2.24) is 0 Å². The fourth-order valence-corrected chi connectivity index (χ4v) is 2.88. The van der Waals surface area contributed by atoms with Crippen LogP contribution in [0.3, 0.4) is 0 Å². The van der Waals surface area contributed by atoms with Crippen LogP contribution in [0.4, 0.5) is 4.39 Å². The average Bonchev–Trinajstić information content (AvgIpc) is 2.83. The quantitative estimate of drug-likeness (QED) is 0.173. The van der Waals surface area contributed by atoms with Crippen LogP contribution in [0.2, 0.25) is 0 Å². The van der Waals surface area contributed by atoms with Crippen LogP contribution in [0, 0.1) is 17.2 Å². The van der Waals surface area contributed by atoms with Crippen LogP contribution in [-0.4, -0.2) is 18.2 Å². The van der Waals surface area contributed by atoms with Gasteiger partial charge >= 0.3 is 0 Å². The molecule has 5 heteroatoms. The van der Waals surface area contributed by atoms with Gasteiger partial charge in [-0.15, -0.1) is 0 Å². The smallest absolute Gasteiger partial charge is 0.218 e. The monoisotopic (exact) mass is 498 g/mol. The van der Waals surface area contributed by atoms with Crippen molar-refractivity contribution < 1.29 is 13.9 Å². The topological polar surface area (TPSA) is 51.0 Å². The second-order valence-corrected chi connectivity index (χ2v) is 10.2. The summed E-state index contributed by atoms with van der Waals surface area (Å²) in [5, 5.41) is 0. The Bertz CT molecular complexity index is 979. The molecule has 1 atom stereocenters. The molecule has 0 aliphatic carbocycles. The number of allylic oxidation sites excluding steroid dienone is 5. The van der Waals surface area contributed by atoms with Crippen LogP contribution < -0.4 is 4.74 Å². The van der Waals surface area contributed by atoms with E-state index in [2.05, 4.69) is 51.3 Å². The third-order valence-corrected chi connectivity index (χ3v) is 5.88. The molecule has 0 aromatic heterocycles. The van der Waals surface area contributed by atoms with Crippen LogP contribution >= 0.6 is 0 Å². The summed E-state index contributed by atoms with van der Waals surface area (Å²) in [4.78, 5) is 20.4. The van der Waals surface area contributed by atoms with Crippen molar-refractivity contribution in [3.05, 3.63) is 59.4 Å². The molecule has 0 fully saturated rings. The number of Topliss-reactive ketones (excluding diaryl/α,β-unsaturated/α-hetero) is 1. The Balaban J connectivity index is 0.00000181. The number of aliphatic imine (C=N–C) groups is 2. The predicted octanol–water partition coefficient (Wildman–Crippen LogP) is 9.37. The second-order valence-electron chi connectivity index (χ2n) is 10.2. The molecule has 0 saturated heterocycles. The molecule has 0 aliphatic heterocycles. The van der Waals surface area contributed by atoms with Crippen LogP contribution in [0.15, 0.2) is 58.0 Å². The van der Waals surface area contributed by atoms with Gasteiger partial charge in [-0.05, 0) is 62.6 Å². The normalized spacial score (nSPS) is 14.1. The average molecular weight is 499 g/mol. The molecule has 4 nitrogen and oxygen atoms in total. The summed E-state index contributed by atoms with van der Waals surface area (Å²) in [5.74, 6) is -0.181. The molecular weight excluding hydrogens is 451 g/mol. The lowest BCUT2D eigenvalue weighted by Crippen LogP contribution is -2.19. The van der Waals surface area contributed by atoms with E-state index < -0.39 is 5.82 Å². The lowest BCUT2D eigenvalue weighted by molar-refractivity contribution is -0.111. The van der Waals surface area contributed by atoms with E-state index >= 15 is 0 Å². The minimum atomic E-state index is -0.512. The number of halogens is 1. The standard InChI is InChI=1S/C25H33FN2O2.C6H14/c1-8-10-12-17(3)25(20(6)29)28-19(5)18(4)21-14-15-23(22(26)16-21)30-24(27-7)13-11-9-2;1-5-6(2,3)4/h9,11,13-17H,7-8,10,12H2,1-6H3;5H2,1-4H3/b11-9-,19-18+,24-13+,28-25?;. The highest BCUT2D eigenvalue weighted by molar-refractivity contribution is 6.39. The number of unbranched alkanes of at least 4 members (excludes halogenated alkanes) is 1. The van der Waals surface area contributed by atoms with Gasteiger partial charge in [-0.1, -0.05) is 79.0 Å². The lowest BCUT2D eigenvalue weighted by atomic mass is 9.94. The highest BCUT2D eigenvalue weighted by Crippen LogP contribution is 2.27. The van der Waals surface area contributed by atoms with Crippen molar-refractivity contribution in [3.8, 4) is 5.75 Å². The number of ketones is 1. The van der Waals surface area contributed by atoms with E-state index in [-0.39, 0.29) is 23.3 Å². The number of nitrogens with zero attached hydrogens (tertiary/aromatic N) is 2. The number of rotatable bonds is 11. The number of carbonyl (C=O) groups is 1. The van der Waals surface area contributed by atoms with E-state index in [0.29, 0.717) is 22.4 Å². The molecule has 0 bridgehead atoms. The van der Waals surface area contributed by atoms with Crippen LogP contribution in [0.1, 0.15) is 100 Å². The molecule has 1 aromatic carbocycles. The zero-order valence-corrected chi connectivity index (χ0v) is 24.2. The Labute approximate surface area is 219 Å². The first-order valence-electron chi connectivity index (χ1n) is 12.9. The molecule has 36 heavy (non-hydrogen) atoms. The van der Waals surface area contributed by atoms with E-state index in [9.17, 15) is 9.18 Å². The summed E-state index contributed by atoms with van der Waals surface area (Å²) in [5.41, 5.74) is 3.28. The van der Waals surface area contributed by atoms with Gasteiger partial charge in [0.1, 0.15) is 0 Å². The van der Waals surface area contributed by atoms with Gasteiger partial charge in [0, 0.05) is 24.6 Å². The lowest BCUT2D eigenvalue weighted by Gasteiger charge is -2.14. The first kappa shape index (κ1) is 33.2. The molecule has 0 aliphatic rings. The van der Waals surface area contributed by atoms with Crippen molar-refractivity contribution in [2.24, 2.45) is 21.3 Å². The SMILES string of the molecule is C=N/C(=C\C=C/C)Oc1ccc(/C(C)=C(\C)N=C(C(C)=O)C(C)CCCC)cc1F.CCC(C)(C)C. The number of hydrogen-bond acceptors (Lipinski definition) is 4. The zero-order chi connectivity index (χ0) is 27.9. The summed E-state index contributed by atoms with van der Waals surface area (Å²) < 4.78 is 20.1. The first-order valence-corrected chi connectivity index (χ1v) is 12.9. The molecule has 200 valence electrons. The van der Waals surface area contributed by atoms with Crippen molar-refractivity contribution in [2.45, 2.75) is 94.9 Å². The van der Waals surface area contributed by atoms with Gasteiger partial charge in [-0.3, -0.25) is 9.79 Å². The molecule has 1 rings (SSSR count). The largest absolute Gasteiger partial charge is 0.436 e. The molecule has 1 unspecified atom stereocenters. The third-order valence-electron chi connectivity index (χ3n) is 5.88. The maximum atomic E-state index is 14.6.